The first-order valence-corrected chi connectivity index (χ1v) is 7.27. The molecule has 20 heavy (non-hydrogen) atoms. The minimum atomic E-state index is -0.311. The van der Waals surface area contributed by atoms with E-state index in [9.17, 15) is 10.1 Å². The number of aryl methyl sites for hydroxylation is 1. The molecule has 0 spiro atoms. The van der Waals surface area contributed by atoms with E-state index in [4.69, 9.17) is 0 Å². The first-order valence-electron chi connectivity index (χ1n) is 7.27. The zero-order valence-corrected chi connectivity index (χ0v) is 12.3. The fourth-order valence-corrected chi connectivity index (χ4v) is 2.75. The summed E-state index contributed by atoms with van der Waals surface area (Å²) in [6.45, 7) is 9.13. The maximum absolute atomic E-state index is 10.9. The molecule has 0 bridgehead atoms. The lowest BCUT2D eigenvalue weighted by Crippen LogP contribution is -2.26. The fraction of sp³-hybridized carbons (Fsp3) is 0.600. The molecule has 1 aliphatic rings. The van der Waals surface area contributed by atoms with Crippen LogP contribution in [0.15, 0.2) is 18.2 Å². The molecule has 110 valence electrons. The molecular formula is C15H23N3O2. The Balaban J connectivity index is 1.82. The second-order valence-electron chi connectivity index (χ2n) is 5.56. The van der Waals surface area contributed by atoms with Crippen LogP contribution < -0.4 is 5.32 Å². The Kier molecular flexibility index (Phi) is 5.09. The highest BCUT2D eigenvalue weighted by Gasteiger charge is 2.20. The SMILES string of the molecule is CCN1CCC(CNCc2ccc(C)c([N+](=O)[O-])c2)C1. The molecule has 0 aromatic heterocycles. The standard InChI is InChI=1S/C15H23N3O2/c1-3-17-7-6-14(11-17)10-16-9-13-5-4-12(2)15(8-13)18(19)20/h4-5,8,14,16H,3,6-7,9-11H2,1-2H3. The summed E-state index contributed by atoms with van der Waals surface area (Å²) in [7, 11) is 0. The summed E-state index contributed by atoms with van der Waals surface area (Å²) in [4.78, 5) is 13.1. The van der Waals surface area contributed by atoms with E-state index >= 15 is 0 Å². The van der Waals surface area contributed by atoms with E-state index in [1.807, 2.05) is 12.1 Å². The molecule has 5 nitrogen and oxygen atoms in total. The van der Waals surface area contributed by atoms with Crippen molar-refractivity contribution in [3.63, 3.8) is 0 Å². The number of hydrogen-bond donors (Lipinski definition) is 1. The molecule has 1 fully saturated rings. The number of nitrogens with one attached hydrogen (secondary N) is 1. The second-order valence-corrected chi connectivity index (χ2v) is 5.56. The van der Waals surface area contributed by atoms with Gasteiger partial charge in [0, 0.05) is 24.7 Å². The lowest BCUT2D eigenvalue weighted by Gasteiger charge is -2.13. The zero-order valence-electron chi connectivity index (χ0n) is 12.3. The Morgan fingerprint density at radius 2 is 2.30 bits per heavy atom. The maximum Gasteiger partial charge on any atom is 0.272 e. The predicted molar refractivity (Wildman–Crippen MR) is 79.8 cm³/mol. The van der Waals surface area contributed by atoms with Gasteiger partial charge in [-0.05, 0) is 44.5 Å². The third kappa shape index (κ3) is 3.77. The summed E-state index contributed by atoms with van der Waals surface area (Å²) in [5.74, 6) is 0.704. The molecule has 0 radical (unpaired) electrons. The summed E-state index contributed by atoms with van der Waals surface area (Å²) < 4.78 is 0. The second kappa shape index (κ2) is 6.81. The summed E-state index contributed by atoms with van der Waals surface area (Å²) >= 11 is 0. The van der Waals surface area contributed by atoms with Gasteiger partial charge < -0.3 is 10.2 Å². The summed E-state index contributed by atoms with van der Waals surface area (Å²) in [5, 5.41) is 14.3. The molecule has 2 rings (SSSR count). The van der Waals surface area contributed by atoms with Crippen molar-refractivity contribution in [1.82, 2.24) is 10.2 Å². The molecule has 0 saturated carbocycles. The van der Waals surface area contributed by atoms with Gasteiger partial charge >= 0.3 is 0 Å². The smallest absolute Gasteiger partial charge is 0.272 e. The van der Waals surface area contributed by atoms with Crippen LogP contribution in [0.4, 0.5) is 5.69 Å². The van der Waals surface area contributed by atoms with Crippen molar-refractivity contribution in [2.24, 2.45) is 5.92 Å². The van der Waals surface area contributed by atoms with Crippen LogP contribution in [-0.4, -0.2) is 36.0 Å². The molecule has 1 heterocycles. The van der Waals surface area contributed by atoms with Gasteiger partial charge in [0.05, 0.1) is 4.92 Å². The van der Waals surface area contributed by atoms with Gasteiger partial charge in [0.25, 0.3) is 5.69 Å². The average Bonchev–Trinajstić information content (AvgIpc) is 2.88. The topological polar surface area (TPSA) is 58.4 Å². The number of benzene rings is 1. The van der Waals surface area contributed by atoms with Gasteiger partial charge in [-0.3, -0.25) is 10.1 Å². The minimum Gasteiger partial charge on any atom is -0.312 e. The van der Waals surface area contributed by atoms with Crippen molar-refractivity contribution in [2.75, 3.05) is 26.2 Å². The molecule has 5 heteroatoms. The van der Waals surface area contributed by atoms with Crippen LogP contribution in [0.2, 0.25) is 0 Å². The molecular weight excluding hydrogens is 254 g/mol. The Hall–Kier alpha value is -1.46. The lowest BCUT2D eigenvalue weighted by atomic mass is 10.1. The molecule has 1 unspecified atom stereocenters. The van der Waals surface area contributed by atoms with Crippen molar-refractivity contribution in [2.45, 2.75) is 26.8 Å². The number of nitro benzene ring substituents is 1. The average molecular weight is 277 g/mol. The largest absolute Gasteiger partial charge is 0.312 e. The maximum atomic E-state index is 10.9. The van der Waals surface area contributed by atoms with E-state index in [1.54, 1.807) is 13.0 Å². The van der Waals surface area contributed by atoms with E-state index in [0.29, 0.717) is 18.0 Å². The van der Waals surface area contributed by atoms with E-state index in [0.717, 1.165) is 25.2 Å². The number of rotatable bonds is 6. The van der Waals surface area contributed by atoms with Gasteiger partial charge in [-0.2, -0.15) is 0 Å². The molecule has 1 atom stereocenters. The first kappa shape index (κ1) is 14.9. The fourth-order valence-electron chi connectivity index (χ4n) is 2.75. The zero-order chi connectivity index (χ0) is 14.5. The minimum absolute atomic E-state index is 0.210. The van der Waals surface area contributed by atoms with Crippen LogP contribution >= 0.6 is 0 Å². The van der Waals surface area contributed by atoms with Crippen molar-refractivity contribution in [3.05, 3.63) is 39.4 Å². The number of nitrogens with zero attached hydrogens (tertiary/aromatic N) is 2. The summed E-state index contributed by atoms with van der Waals surface area (Å²) in [6.07, 6.45) is 1.24. The van der Waals surface area contributed by atoms with Crippen LogP contribution in [0.1, 0.15) is 24.5 Å². The number of nitro groups is 1. The van der Waals surface area contributed by atoms with Crippen LogP contribution in [0, 0.1) is 23.0 Å². The highest BCUT2D eigenvalue weighted by molar-refractivity contribution is 5.42. The van der Waals surface area contributed by atoms with E-state index in [1.165, 1.54) is 13.0 Å². The highest BCUT2D eigenvalue weighted by atomic mass is 16.6. The molecule has 1 aliphatic heterocycles. The normalized spacial score (nSPS) is 19.4. The molecule has 1 aromatic carbocycles. The quantitative estimate of drug-likeness (QED) is 0.640. The molecule has 0 amide bonds. The van der Waals surface area contributed by atoms with Gasteiger partial charge in [-0.15, -0.1) is 0 Å². The van der Waals surface area contributed by atoms with Gasteiger partial charge in [0.15, 0.2) is 0 Å². The van der Waals surface area contributed by atoms with Crippen molar-refractivity contribution < 1.29 is 4.92 Å². The van der Waals surface area contributed by atoms with Crippen LogP contribution in [-0.2, 0) is 6.54 Å². The Morgan fingerprint density at radius 1 is 1.50 bits per heavy atom. The van der Waals surface area contributed by atoms with Crippen molar-refractivity contribution >= 4 is 5.69 Å². The lowest BCUT2D eigenvalue weighted by molar-refractivity contribution is -0.385. The van der Waals surface area contributed by atoms with Crippen LogP contribution in [0.25, 0.3) is 0 Å². The van der Waals surface area contributed by atoms with Gasteiger partial charge in [0.2, 0.25) is 0 Å². The highest BCUT2D eigenvalue weighted by Crippen LogP contribution is 2.19. The first-order chi connectivity index (χ1) is 9.60. The number of hydrogen-bond acceptors (Lipinski definition) is 4. The molecule has 0 aliphatic carbocycles. The van der Waals surface area contributed by atoms with Crippen LogP contribution in [0.5, 0.6) is 0 Å². The van der Waals surface area contributed by atoms with Crippen molar-refractivity contribution in [1.29, 1.82) is 0 Å². The predicted octanol–water partition coefficient (Wildman–Crippen LogP) is 2.33. The van der Waals surface area contributed by atoms with Crippen LogP contribution in [0.3, 0.4) is 0 Å². The Morgan fingerprint density at radius 3 is 2.95 bits per heavy atom. The Bertz CT molecular complexity index is 476. The third-order valence-corrected chi connectivity index (χ3v) is 4.05. The monoisotopic (exact) mass is 277 g/mol. The molecule has 1 aromatic rings. The summed E-state index contributed by atoms with van der Waals surface area (Å²) in [6, 6.07) is 5.46. The van der Waals surface area contributed by atoms with Gasteiger partial charge in [0.1, 0.15) is 0 Å². The van der Waals surface area contributed by atoms with E-state index < -0.39 is 0 Å². The summed E-state index contributed by atoms with van der Waals surface area (Å²) in [5.41, 5.74) is 1.91. The number of likely N-dealkylation sites (tertiary alicyclic amines) is 1. The van der Waals surface area contributed by atoms with Gasteiger partial charge in [-0.1, -0.05) is 19.1 Å². The Labute approximate surface area is 120 Å². The van der Waals surface area contributed by atoms with E-state index in [-0.39, 0.29) is 10.6 Å². The van der Waals surface area contributed by atoms with Gasteiger partial charge in [-0.25, -0.2) is 0 Å². The molecule has 1 N–H and O–H groups in total. The van der Waals surface area contributed by atoms with Crippen molar-refractivity contribution in [3.8, 4) is 0 Å². The van der Waals surface area contributed by atoms with E-state index in [2.05, 4.69) is 17.1 Å². The third-order valence-electron chi connectivity index (χ3n) is 4.05. The molecule has 1 saturated heterocycles.